The fraction of sp³-hybridized carbons (Fsp3) is 0.389. The summed E-state index contributed by atoms with van der Waals surface area (Å²) >= 11 is 0. The van der Waals surface area contributed by atoms with Gasteiger partial charge >= 0.3 is 5.97 Å². The number of aliphatic carboxylic acids is 1. The van der Waals surface area contributed by atoms with Gasteiger partial charge in [0, 0.05) is 6.08 Å². The highest BCUT2D eigenvalue weighted by Crippen LogP contribution is 2.40. The highest BCUT2D eigenvalue weighted by atomic mass is 16.4. The van der Waals surface area contributed by atoms with E-state index in [-0.39, 0.29) is 5.41 Å². The number of hydrogen-bond acceptors (Lipinski definition) is 1. The van der Waals surface area contributed by atoms with Crippen LogP contribution in [0.3, 0.4) is 0 Å². The lowest BCUT2D eigenvalue weighted by atomic mass is 9.73. The summed E-state index contributed by atoms with van der Waals surface area (Å²) in [5, 5.41) is 8.42. The van der Waals surface area contributed by atoms with E-state index in [9.17, 15) is 4.79 Å². The molecule has 20 heavy (non-hydrogen) atoms. The molecule has 2 heteroatoms. The van der Waals surface area contributed by atoms with Crippen molar-refractivity contribution in [2.75, 3.05) is 0 Å². The van der Waals surface area contributed by atoms with E-state index in [1.165, 1.54) is 36.5 Å². The first kappa shape index (κ1) is 16.2. The van der Waals surface area contributed by atoms with Gasteiger partial charge in [-0.3, -0.25) is 0 Å². The minimum absolute atomic E-state index is 0.271. The van der Waals surface area contributed by atoms with Crippen LogP contribution < -0.4 is 0 Å². The average Bonchev–Trinajstić information content (AvgIpc) is 2.34. The van der Waals surface area contributed by atoms with Crippen LogP contribution in [0, 0.1) is 5.41 Å². The number of carboxylic acid groups (broad SMARTS) is 1. The molecule has 1 rings (SSSR count). The first-order valence-corrected chi connectivity index (χ1v) is 7.05. The topological polar surface area (TPSA) is 37.3 Å². The van der Waals surface area contributed by atoms with Crippen molar-refractivity contribution in [1.29, 1.82) is 0 Å². The van der Waals surface area contributed by atoms with Crippen molar-refractivity contribution in [3.63, 3.8) is 0 Å². The first-order valence-electron chi connectivity index (χ1n) is 7.05. The summed E-state index contributed by atoms with van der Waals surface area (Å²) in [6.45, 7) is 6.83. The van der Waals surface area contributed by atoms with Gasteiger partial charge in [-0.1, -0.05) is 62.0 Å². The fourth-order valence-electron chi connectivity index (χ4n) is 2.56. The molecule has 0 aliphatic heterocycles. The second-order valence-electron chi connectivity index (χ2n) is 5.76. The van der Waals surface area contributed by atoms with Crippen LogP contribution in [0.25, 0.3) is 0 Å². The maximum Gasteiger partial charge on any atom is 0.328 e. The van der Waals surface area contributed by atoms with Crippen LogP contribution in [0.1, 0.15) is 40.0 Å². The Bertz CT molecular complexity index is 486. The second-order valence-corrected chi connectivity index (χ2v) is 5.76. The van der Waals surface area contributed by atoms with Crippen LogP contribution in [0.15, 0.2) is 59.8 Å². The lowest BCUT2D eigenvalue weighted by Crippen LogP contribution is -2.18. The van der Waals surface area contributed by atoms with Gasteiger partial charge in [0.1, 0.15) is 0 Å². The molecule has 0 fully saturated rings. The standard InChI is InChI=1S/C18H24O2/c1-15-11-10-14-18(2,3)16(15)12-8-6-4-5-7-9-13-17(19)20/h4-9,12-13H,10-11,14H2,1-3H3,(H,19,20). The van der Waals surface area contributed by atoms with E-state index in [0.717, 1.165) is 6.08 Å². The Morgan fingerprint density at radius 1 is 1.10 bits per heavy atom. The molecular formula is C18H24O2. The Morgan fingerprint density at radius 3 is 2.30 bits per heavy atom. The molecule has 0 atom stereocenters. The van der Waals surface area contributed by atoms with Crippen LogP contribution in [-0.4, -0.2) is 11.1 Å². The number of hydrogen-bond donors (Lipinski definition) is 1. The molecule has 0 aromatic heterocycles. The van der Waals surface area contributed by atoms with Crippen molar-refractivity contribution in [1.82, 2.24) is 0 Å². The van der Waals surface area contributed by atoms with Crippen LogP contribution in [0.5, 0.6) is 0 Å². The molecule has 0 amide bonds. The van der Waals surface area contributed by atoms with E-state index in [4.69, 9.17) is 5.11 Å². The Hall–Kier alpha value is -1.83. The van der Waals surface area contributed by atoms with Crippen molar-refractivity contribution in [3.05, 3.63) is 59.8 Å². The number of carbonyl (C=O) groups is 1. The monoisotopic (exact) mass is 272 g/mol. The highest BCUT2D eigenvalue weighted by molar-refractivity contribution is 5.80. The number of allylic oxidation sites excluding steroid dienone is 9. The third-order valence-corrected chi connectivity index (χ3v) is 3.60. The van der Waals surface area contributed by atoms with Gasteiger partial charge in [0.15, 0.2) is 0 Å². The summed E-state index contributed by atoms with van der Waals surface area (Å²) in [5.74, 6) is -0.930. The van der Waals surface area contributed by atoms with Crippen LogP contribution in [-0.2, 0) is 4.79 Å². The van der Waals surface area contributed by atoms with E-state index < -0.39 is 5.97 Å². The molecular weight excluding hydrogens is 248 g/mol. The number of rotatable bonds is 5. The molecule has 1 N–H and O–H groups in total. The molecule has 0 aromatic rings. The molecule has 0 unspecified atom stereocenters. The predicted octanol–water partition coefficient (Wildman–Crippen LogP) is 4.82. The molecule has 0 aromatic carbocycles. The van der Waals surface area contributed by atoms with Gasteiger partial charge in [-0.05, 0) is 37.2 Å². The molecule has 0 spiro atoms. The van der Waals surface area contributed by atoms with Gasteiger partial charge in [-0.2, -0.15) is 0 Å². The molecule has 2 nitrogen and oxygen atoms in total. The highest BCUT2D eigenvalue weighted by Gasteiger charge is 2.26. The smallest absolute Gasteiger partial charge is 0.328 e. The van der Waals surface area contributed by atoms with E-state index in [0.29, 0.717) is 0 Å². The summed E-state index contributed by atoms with van der Waals surface area (Å²) in [6.07, 6.45) is 18.0. The summed E-state index contributed by atoms with van der Waals surface area (Å²) in [7, 11) is 0. The Labute approximate surface area is 121 Å². The fourth-order valence-corrected chi connectivity index (χ4v) is 2.56. The molecule has 1 aliphatic rings. The molecule has 0 radical (unpaired) electrons. The van der Waals surface area contributed by atoms with Crippen molar-refractivity contribution in [2.45, 2.75) is 40.0 Å². The maximum absolute atomic E-state index is 10.2. The van der Waals surface area contributed by atoms with Crippen LogP contribution in [0.4, 0.5) is 0 Å². The summed E-state index contributed by atoms with van der Waals surface area (Å²) in [5.41, 5.74) is 3.21. The predicted molar refractivity (Wildman–Crippen MR) is 84.5 cm³/mol. The summed E-state index contributed by atoms with van der Waals surface area (Å²) in [6, 6.07) is 0. The maximum atomic E-state index is 10.2. The Kier molecular flexibility index (Phi) is 6.23. The van der Waals surface area contributed by atoms with E-state index in [1.54, 1.807) is 6.08 Å². The van der Waals surface area contributed by atoms with Gasteiger partial charge in [-0.15, -0.1) is 0 Å². The van der Waals surface area contributed by atoms with Crippen molar-refractivity contribution in [2.24, 2.45) is 5.41 Å². The lowest BCUT2D eigenvalue weighted by molar-refractivity contribution is -0.131. The first-order chi connectivity index (χ1) is 9.43. The van der Waals surface area contributed by atoms with E-state index in [2.05, 4.69) is 32.9 Å². The van der Waals surface area contributed by atoms with Gasteiger partial charge < -0.3 is 5.11 Å². The summed E-state index contributed by atoms with van der Waals surface area (Å²) < 4.78 is 0. The average molecular weight is 272 g/mol. The zero-order chi connectivity index (χ0) is 15.0. The molecule has 0 bridgehead atoms. The minimum atomic E-state index is -0.930. The Morgan fingerprint density at radius 2 is 1.70 bits per heavy atom. The van der Waals surface area contributed by atoms with Gasteiger partial charge in [0.2, 0.25) is 0 Å². The van der Waals surface area contributed by atoms with Gasteiger partial charge in [0.25, 0.3) is 0 Å². The van der Waals surface area contributed by atoms with Gasteiger partial charge in [-0.25, -0.2) is 4.79 Å². The zero-order valence-electron chi connectivity index (χ0n) is 12.6. The molecule has 108 valence electrons. The van der Waals surface area contributed by atoms with Crippen molar-refractivity contribution >= 4 is 5.97 Å². The Balaban J connectivity index is 2.58. The zero-order valence-corrected chi connectivity index (χ0v) is 12.6. The van der Waals surface area contributed by atoms with Gasteiger partial charge in [0.05, 0.1) is 0 Å². The van der Waals surface area contributed by atoms with Crippen molar-refractivity contribution in [3.8, 4) is 0 Å². The number of carboxylic acids is 1. The van der Waals surface area contributed by atoms with E-state index >= 15 is 0 Å². The summed E-state index contributed by atoms with van der Waals surface area (Å²) in [4.78, 5) is 10.2. The van der Waals surface area contributed by atoms with Crippen LogP contribution >= 0.6 is 0 Å². The SMILES string of the molecule is CC1=C(C=CC=CC=CC=CC(=O)O)C(C)(C)CCC1. The largest absolute Gasteiger partial charge is 0.478 e. The second kappa shape index (κ2) is 7.68. The quantitative estimate of drug-likeness (QED) is 0.575. The molecule has 0 saturated carbocycles. The third kappa shape index (κ3) is 5.43. The molecule has 1 aliphatic carbocycles. The third-order valence-electron chi connectivity index (χ3n) is 3.60. The van der Waals surface area contributed by atoms with Crippen LogP contribution in [0.2, 0.25) is 0 Å². The van der Waals surface area contributed by atoms with E-state index in [1.807, 2.05) is 18.2 Å². The minimum Gasteiger partial charge on any atom is -0.478 e. The molecule has 0 heterocycles. The lowest BCUT2D eigenvalue weighted by Gasteiger charge is -2.32. The molecule has 0 saturated heterocycles. The van der Waals surface area contributed by atoms with Crippen molar-refractivity contribution < 1.29 is 9.90 Å². The normalized spacial score (nSPS) is 19.9.